The number of aldehydes is 2. The van der Waals surface area contributed by atoms with Crippen molar-refractivity contribution in [3.8, 4) is 0 Å². The molecule has 0 aliphatic heterocycles. The van der Waals surface area contributed by atoms with Crippen LogP contribution in [0.3, 0.4) is 0 Å². The molecule has 0 saturated heterocycles. The van der Waals surface area contributed by atoms with Crippen LogP contribution < -0.4 is 0 Å². The lowest BCUT2D eigenvalue weighted by atomic mass is 9.65. The first-order valence-electron chi connectivity index (χ1n) is 7.85. The van der Waals surface area contributed by atoms with Gasteiger partial charge in [-0.25, -0.2) is 4.79 Å². The Hall–Kier alpha value is -1.45. The third kappa shape index (κ3) is 4.80. The Bertz CT molecular complexity index is 400. The highest BCUT2D eigenvalue weighted by Gasteiger charge is 2.36. The fraction of sp³-hybridized carbons (Fsp3) is 0.706. The molecule has 0 N–H and O–H groups in total. The molecule has 118 valence electrons. The van der Waals surface area contributed by atoms with Crippen molar-refractivity contribution in [2.45, 2.75) is 58.8 Å². The number of esters is 1. The number of rotatable bonds is 9. The first-order chi connectivity index (χ1) is 10.1. The van der Waals surface area contributed by atoms with E-state index in [-0.39, 0.29) is 24.4 Å². The van der Waals surface area contributed by atoms with E-state index in [1.807, 2.05) is 0 Å². The standard InChI is InChI=1S/C17H26O4/c1-3-14(2)17(9-5-10-18)8-4-7-15(13-17)16(20)21-12-6-11-19/h10-11,13-14H,3-9,12H2,1-2H3/t14?,17-/m1/s1. The molecule has 4 heteroatoms. The fourth-order valence-electron chi connectivity index (χ4n) is 3.12. The third-order valence-corrected chi connectivity index (χ3v) is 4.60. The molecule has 1 aliphatic rings. The smallest absolute Gasteiger partial charge is 0.333 e. The maximum atomic E-state index is 12.1. The summed E-state index contributed by atoms with van der Waals surface area (Å²) in [7, 11) is 0. The van der Waals surface area contributed by atoms with Crippen LogP contribution in [0, 0.1) is 11.3 Å². The molecule has 21 heavy (non-hydrogen) atoms. The topological polar surface area (TPSA) is 60.4 Å². The lowest BCUT2D eigenvalue weighted by Crippen LogP contribution is -2.31. The van der Waals surface area contributed by atoms with Crippen LogP contribution in [0.1, 0.15) is 58.8 Å². The van der Waals surface area contributed by atoms with Gasteiger partial charge in [-0.15, -0.1) is 0 Å². The number of hydrogen-bond donors (Lipinski definition) is 0. The van der Waals surface area contributed by atoms with E-state index < -0.39 is 0 Å². The van der Waals surface area contributed by atoms with Gasteiger partial charge in [0.05, 0.1) is 6.61 Å². The number of hydrogen-bond acceptors (Lipinski definition) is 4. The van der Waals surface area contributed by atoms with Crippen molar-refractivity contribution < 1.29 is 19.1 Å². The highest BCUT2D eigenvalue weighted by Crippen LogP contribution is 2.45. The quantitative estimate of drug-likeness (QED) is 0.372. The third-order valence-electron chi connectivity index (χ3n) is 4.60. The van der Waals surface area contributed by atoms with Gasteiger partial charge in [-0.2, -0.15) is 0 Å². The Labute approximate surface area is 126 Å². The number of ether oxygens (including phenoxy) is 1. The molecule has 0 heterocycles. The van der Waals surface area contributed by atoms with Crippen LogP contribution in [0.4, 0.5) is 0 Å². The second-order valence-electron chi connectivity index (χ2n) is 5.86. The molecular weight excluding hydrogens is 268 g/mol. The molecule has 0 amide bonds. The van der Waals surface area contributed by atoms with Gasteiger partial charge in [-0.1, -0.05) is 26.3 Å². The first-order valence-corrected chi connectivity index (χ1v) is 7.85. The van der Waals surface area contributed by atoms with Gasteiger partial charge in [0.15, 0.2) is 0 Å². The predicted octanol–water partition coefficient (Wildman–Crippen LogP) is 3.24. The average molecular weight is 294 g/mol. The molecular formula is C17H26O4. The van der Waals surface area contributed by atoms with Crippen LogP contribution in [0.25, 0.3) is 0 Å². The van der Waals surface area contributed by atoms with E-state index in [0.29, 0.717) is 17.9 Å². The van der Waals surface area contributed by atoms with E-state index >= 15 is 0 Å². The van der Waals surface area contributed by atoms with Gasteiger partial charge in [0.2, 0.25) is 0 Å². The molecule has 0 radical (unpaired) electrons. The first kappa shape index (κ1) is 17.6. The van der Waals surface area contributed by atoms with Crippen LogP contribution in [0.2, 0.25) is 0 Å². The van der Waals surface area contributed by atoms with E-state index in [9.17, 15) is 14.4 Å². The maximum Gasteiger partial charge on any atom is 0.333 e. The van der Waals surface area contributed by atoms with Gasteiger partial charge in [0, 0.05) is 18.4 Å². The van der Waals surface area contributed by atoms with Crippen LogP contribution in [0.15, 0.2) is 11.6 Å². The van der Waals surface area contributed by atoms with Crippen LogP contribution in [-0.2, 0) is 19.1 Å². The summed E-state index contributed by atoms with van der Waals surface area (Å²) in [5.41, 5.74) is 0.630. The van der Waals surface area contributed by atoms with Crippen LogP contribution >= 0.6 is 0 Å². The lowest BCUT2D eigenvalue weighted by molar-refractivity contribution is -0.139. The van der Waals surface area contributed by atoms with Gasteiger partial charge in [0.1, 0.15) is 12.6 Å². The molecule has 0 aromatic carbocycles. The van der Waals surface area contributed by atoms with Crippen molar-refractivity contribution in [2.24, 2.45) is 11.3 Å². The second-order valence-corrected chi connectivity index (χ2v) is 5.86. The lowest BCUT2D eigenvalue weighted by Gasteiger charge is -2.39. The summed E-state index contributed by atoms with van der Waals surface area (Å²) in [6, 6.07) is 0. The van der Waals surface area contributed by atoms with E-state index in [1.165, 1.54) is 0 Å². The minimum Gasteiger partial charge on any atom is -0.462 e. The maximum absolute atomic E-state index is 12.1. The van der Waals surface area contributed by atoms with Crippen molar-refractivity contribution in [1.29, 1.82) is 0 Å². The SMILES string of the molecule is CCC(C)[C@]1(CCC=O)C=C(C(=O)OCCC=O)CCC1. The largest absolute Gasteiger partial charge is 0.462 e. The second kappa shape index (κ2) is 8.75. The Morgan fingerprint density at radius 2 is 2.10 bits per heavy atom. The summed E-state index contributed by atoms with van der Waals surface area (Å²) >= 11 is 0. The summed E-state index contributed by atoms with van der Waals surface area (Å²) < 4.78 is 5.13. The highest BCUT2D eigenvalue weighted by molar-refractivity contribution is 5.88. The van der Waals surface area contributed by atoms with Gasteiger partial charge in [-0.3, -0.25) is 0 Å². The molecule has 1 unspecified atom stereocenters. The van der Waals surface area contributed by atoms with Crippen molar-refractivity contribution in [3.63, 3.8) is 0 Å². The Morgan fingerprint density at radius 3 is 2.71 bits per heavy atom. The number of allylic oxidation sites excluding steroid dienone is 1. The van der Waals surface area contributed by atoms with E-state index in [0.717, 1.165) is 44.7 Å². The monoisotopic (exact) mass is 294 g/mol. The summed E-state index contributed by atoms with van der Waals surface area (Å²) in [6.07, 6.45) is 8.99. The van der Waals surface area contributed by atoms with Crippen LogP contribution in [-0.4, -0.2) is 25.1 Å². The van der Waals surface area contributed by atoms with Gasteiger partial charge < -0.3 is 14.3 Å². The number of carbonyl (C=O) groups is 3. The van der Waals surface area contributed by atoms with E-state index in [2.05, 4.69) is 19.9 Å². The zero-order valence-electron chi connectivity index (χ0n) is 13.1. The predicted molar refractivity (Wildman–Crippen MR) is 80.8 cm³/mol. The Balaban J connectivity index is 2.87. The van der Waals surface area contributed by atoms with Gasteiger partial charge >= 0.3 is 5.97 Å². The summed E-state index contributed by atoms with van der Waals surface area (Å²) in [5, 5.41) is 0. The van der Waals surface area contributed by atoms with Crippen molar-refractivity contribution in [1.82, 2.24) is 0 Å². The zero-order valence-corrected chi connectivity index (χ0v) is 13.1. The summed E-state index contributed by atoms with van der Waals surface area (Å²) in [6.45, 7) is 4.46. The molecule has 1 rings (SSSR count). The molecule has 4 nitrogen and oxygen atoms in total. The highest BCUT2D eigenvalue weighted by atomic mass is 16.5. The molecule has 0 saturated carbocycles. The van der Waals surface area contributed by atoms with Gasteiger partial charge in [-0.05, 0) is 37.0 Å². The minimum absolute atomic E-state index is 0.0765. The molecule has 0 spiro atoms. The Kier molecular flexibility index (Phi) is 7.34. The molecule has 1 aliphatic carbocycles. The summed E-state index contributed by atoms with van der Waals surface area (Å²) in [4.78, 5) is 33.1. The molecule has 0 aromatic heterocycles. The van der Waals surface area contributed by atoms with E-state index in [1.54, 1.807) is 0 Å². The van der Waals surface area contributed by atoms with Crippen LogP contribution in [0.5, 0.6) is 0 Å². The van der Waals surface area contributed by atoms with Crippen molar-refractivity contribution >= 4 is 18.5 Å². The minimum atomic E-state index is -0.310. The fourth-order valence-corrected chi connectivity index (χ4v) is 3.12. The average Bonchev–Trinajstić information content (AvgIpc) is 2.52. The normalized spacial score (nSPS) is 23.0. The molecule has 2 atom stereocenters. The molecule has 0 fully saturated rings. The molecule has 0 aromatic rings. The van der Waals surface area contributed by atoms with E-state index in [4.69, 9.17) is 4.74 Å². The number of carbonyl (C=O) groups excluding carboxylic acids is 3. The van der Waals surface area contributed by atoms with Gasteiger partial charge in [0.25, 0.3) is 0 Å². The zero-order chi connectivity index (χ0) is 15.7. The molecule has 0 bridgehead atoms. The van der Waals surface area contributed by atoms with Crippen molar-refractivity contribution in [3.05, 3.63) is 11.6 Å². The Morgan fingerprint density at radius 1 is 1.38 bits per heavy atom. The summed E-state index contributed by atoms with van der Waals surface area (Å²) in [5.74, 6) is 0.117. The van der Waals surface area contributed by atoms with Crippen molar-refractivity contribution in [2.75, 3.05) is 6.61 Å².